The van der Waals surface area contributed by atoms with Gasteiger partial charge in [0.15, 0.2) is 0 Å². The predicted molar refractivity (Wildman–Crippen MR) is 88.9 cm³/mol. The van der Waals surface area contributed by atoms with E-state index in [1.807, 2.05) is 19.1 Å². The van der Waals surface area contributed by atoms with Crippen LogP contribution in [0.15, 0.2) is 30.5 Å². The summed E-state index contributed by atoms with van der Waals surface area (Å²) in [6, 6.07) is 7.20. The van der Waals surface area contributed by atoms with Crippen LogP contribution in [-0.4, -0.2) is 34.7 Å². The van der Waals surface area contributed by atoms with E-state index in [2.05, 4.69) is 15.7 Å². The molecule has 0 atom stereocenters. The smallest absolute Gasteiger partial charge is 0.255 e. The molecule has 0 aliphatic carbocycles. The standard InChI is InChI=1S/C16H19ClN4O2/c1-3-7-18-15(22)10-19-16(23)14-9-20-21(11(14)2)13-6-4-5-12(17)8-13/h4-6,8-9H,3,7,10H2,1-2H3,(H,18,22)(H,19,23). The molecule has 0 aliphatic heterocycles. The van der Waals surface area contributed by atoms with Crippen molar-refractivity contribution in [2.45, 2.75) is 20.3 Å². The second kappa shape index (κ2) is 7.78. The number of rotatable bonds is 6. The fourth-order valence-electron chi connectivity index (χ4n) is 2.08. The first-order valence-electron chi connectivity index (χ1n) is 7.38. The third-order valence-corrected chi connectivity index (χ3v) is 3.52. The second-order valence-electron chi connectivity index (χ2n) is 5.07. The summed E-state index contributed by atoms with van der Waals surface area (Å²) in [4.78, 5) is 23.7. The van der Waals surface area contributed by atoms with Gasteiger partial charge >= 0.3 is 0 Å². The lowest BCUT2D eigenvalue weighted by atomic mass is 10.2. The lowest BCUT2D eigenvalue weighted by Gasteiger charge is -2.07. The van der Waals surface area contributed by atoms with Gasteiger partial charge in [-0.25, -0.2) is 4.68 Å². The highest BCUT2D eigenvalue weighted by molar-refractivity contribution is 6.30. The van der Waals surface area contributed by atoms with E-state index in [1.165, 1.54) is 6.20 Å². The Morgan fingerprint density at radius 1 is 1.30 bits per heavy atom. The third-order valence-electron chi connectivity index (χ3n) is 3.29. The molecule has 0 bridgehead atoms. The Bertz CT molecular complexity index is 712. The van der Waals surface area contributed by atoms with E-state index in [9.17, 15) is 9.59 Å². The number of aromatic nitrogens is 2. The molecule has 1 heterocycles. The number of nitrogens with zero attached hydrogens (tertiary/aromatic N) is 2. The molecule has 122 valence electrons. The summed E-state index contributed by atoms with van der Waals surface area (Å²) in [5, 5.41) is 10.1. The molecule has 0 radical (unpaired) electrons. The summed E-state index contributed by atoms with van der Waals surface area (Å²) in [6.45, 7) is 4.30. The molecule has 2 amide bonds. The van der Waals surface area contributed by atoms with Gasteiger partial charge in [-0.1, -0.05) is 24.6 Å². The van der Waals surface area contributed by atoms with Gasteiger partial charge in [0.2, 0.25) is 5.91 Å². The molecule has 7 heteroatoms. The zero-order chi connectivity index (χ0) is 16.8. The van der Waals surface area contributed by atoms with Crippen molar-refractivity contribution in [1.82, 2.24) is 20.4 Å². The van der Waals surface area contributed by atoms with Gasteiger partial charge in [-0.2, -0.15) is 5.10 Å². The fourth-order valence-corrected chi connectivity index (χ4v) is 2.27. The molecule has 23 heavy (non-hydrogen) atoms. The topological polar surface area (TPSA) is 76.0 Å². The van der Waals surface area contributed by atoms with Gasteiger partial charge in [0.25, 0.3) is 5.91 Å². The van der Waals surface area contributed by atoms with Crippen LogP contribution >= 0.6 is 11.6 Å². The molecule has 0 aliphatic rings. The molecule has 6 nitrogen and oxygen atoms in total. The Morgan fingerprint density at radius 3 is 2.78 bits per heavy atom. The molecular weight excluding hydrogens is 316 g/mol. The number of carbonyl (C=O) groups excluding carboxylic acids is 2. The SMILES string of the molecule is CCCNC(=O)CNC(=O)c1cnn(-c2cccc(Cl)c2)c1C. The van der Waals surface area contributed by atoms with Crippen LogP contribution in [0.1, 0.15) is 29.4 Å². The number of hydrogen-bond acceptors (Lipinski definition) is 3. The van der Waals surface area contributed by atoms with Crippen molar-refractivity contribution in [3.8, 4) is 5.69 Å². The first-order chi connectivity index (χ1) is 11.0. The second-order valence-corrected chi connectivity index (χ2v) is 5.50. The van der Waals surface area contributed by atoms with Crippen LogP contribution in [0, 0.1) is 6.92 Å². The largest absolute Gasteiger partial charge is 0.355 e. The molecule has 0 fully saturated rings. The summed E-state index contributed by atoms with van der Waals surface area (Å²) >= 11 is 5.98. The van der Waals surface area contributed by atoms with Crippen LogP contribution in [-0.2, 0) is 4.79 Å². The molecule has 0 spiro atoms. The molecule has 2 rings (SSSR count). The monoisotopic (exact) mass is 334 g/mol. The Morgan fingerprint density at radius 2 is 2.09 bits per heavy atom. The van der Waals surface area contributed by atoms with Gasteiger partial charge in [-0.3, -0.25) is 9.59 Å². The minimum absolute atomic E-state index is 0.0549. The van der Waals surface area contributed by atoms with E-state index < -0.39 is 0 Å². The predicted octanol–water partition coefficient (Wildman–Crippen LogP) is 2.09. The molecule has 0 saturated carbocycles. The minimum Gasteiger partial charge on any atom is -0.355 e. The van der Waals surface area contributed by atoms with E-state index in [-0.39, 0.29) is 18.4 Å². The van der Waals surface area contributed by atoms with Gasteiger partial charge in [0.1, 0.15) is 0 Å². The molecule has 1 aromatic carbocycles. The van der Waals surface area contributed by atoms with Gasteiger partial charge < -0.3 is 10.6 Å². The number of amides is 2. The molecule has 0 saturated heterocycles. The highest BCUT2D eigenvalue weighted by atomic mass is 35.5. The number of hydrogen-bond donors (Lipinski definition) is 2. The van der Waals surface area contributed by atoms with Crippen LogP contribution in [0.25, 0.3) is 5.69 Å². The van der Waals surface area contributed by atoms with Gasteiger partial charge in [-0.05, 0) is 31.5 Å². The van der Waals surface area contributed by atoms with Crippen LogP contribution in [0.3, 0.4) is 0 Å². The number of carbonyl (C=O) groups is 2. The van der Waals surface area contributed by atoms with Crippen LogP contribution < -0.4 is 10.6 Å². The summed E-state index contributed by atoms with van der Waals surface area (Å²) in [6.07, 6.45) is 2.33. The summed E-state index contributed by atoms with van der Waals surface area (Å²) < 4.78 is 1.64. The summed E-state index contributed by atoms with van der Waals surface area (Å²) in [7, 11) is 0. The first kappa shape index (κ1) is 17.0. The molecule has 1 aromatic heterocycles. The molecule has 2 N–H and O–H groups in total. The zero-order valence-corrected chi connectivity index (χ0v) is 13.9. The minimum atomic E-state index is -0.331. The maximum absolute atomic E-state index is 12.2. The first-order valence-corrected chi connectivity index (χ1v) is 7.76. The Balaban J connectivity index is 2.07. The average Bonchev–Trinajstić information content (AvgIpc) is 2.92. The van der Waals surface area contributed by atoms with Crippen molar-refractivity contribution >= 4 is 23.4 Å². The van der Waals surface area contributed by atoms with Crippen molar-refractivity contribution in [2.24, 2.45) is 0 Å². The number of benzene rings is 1. The van der Waals surface area contributed by atoms with E-state index >= 15 is 0 Å². The lowest BCUT2D eigenvalue weighted by molar-refractivity contribution is -0.120. The normalized spacial score (nSPS) is 10.4. The van der Waals surface area contributed by atoms with Gasteiger partial charge in [-0.15, -0.1) is 0 Å². The van der Waals surface area contributed by atoms with E-state index in [1.54, 1.807) is 23.7 Å². The van der Waals surface area contributed by atoms with Crippen LogP contribution in [0.4, 0.5) is 0 Å². The van der Waals surface area contributed by atoms with Crippen LogP contribution in [0.2, 0.25) is 5.02 Å². The Kier molecular flexibility index (Phi) is 5.76. The van der Waals surface area contributed by atoms with Crippen molar-refractivity contribution < 1.29 is 9.59 Å². The van der Waals surface area contributed by atoms with E-state index in [0.29, 0.717) is 22.8 Å². The maximum atomic E-state index is 12.2. The summed E-state index contributed by atoms with van der Waals surface area (Å²) in [5.41, 5.74) is 1.88. The van der Waals surface area contributed by atoms with E-state index in [0.717, 1.165) is 12.1 Å². The molecule has 2 aromatic rings. The zero-order valence-electron chi connectivity index (χ0n) is 13.1. The fraction of sp³-hybridized carbons (Fsp3) is 0.312. The Labute approximate surface area is 139 Å². The highest BCUT2D eigenvalue weighted by Gasteiger charge is 2.15. The molecule has 0 unspecified atom stereocenters. The van der Waals surface area contributed by atoms with Crippen molar-refractivity contribution in [2.75, 3.05) is 13.1 Å². The van der Waals surface area contributed by atoms with Gasteiger partial charge in [0.05, 0.1) is 29.7 Å². The van der Waals surface area contributed by atoms with Crippen molar-refractivity contribution in [3.05, 3.63) is 46.7 Å². The quantitative estimate of drug-likeness (QED) is 0.849. The van der Waals surface area contributed by atoms with E-state index in [4.69, 9.17) is 11.6 Å². The highest BCUT2D eigenvalue weighted by Crippen LogP contribution is 2.17. The third kappa shape index (κ3) is 4.32. The van der Waals surface area contributed by atoms with Crippen molar-refractivity contribution in [1.29, 1.82) is 0 Å². The Hall–Kier alpha value is -2.34. The van der Waals surface area contributed by atoms with Crippen LogP contribution in [0.5, 0.6) is 0 Å². The number of nitrogens with one attached hydrogen (secondary N) is 2. The van der Waals surface area contributed by atoms with Crippen molar-refractivity contribution in [3.63, 3.8) is 0 Å². The number of halogens is 1. The van der Waals surface area contributed by atoms with Gasteiger partial charge in [0, 0.05) is 11.6 Å². The molecular formula is C16H19ClN4O2. The lowest BCUT2D eigenvalue weighted by Crippen LogP contribution is -2.37. The summed E-state index contributed by atoms with van der Waals surface area (Å²) in [5.74, 6) is -0.539. The average molecular weight is 335 g/mol. The maximum Gasteiger partial charge on any atom is 0.255 e.